The average Bonchev–Trinajstić information content (AvgIpc) is 2.74. The van der Waals surface area contributed by atoms with Gasteiger partial charge in [-0.15, -0.1) is 0 Å². The second kappa shape index (κ2) is 8.50. The van der Waals surface area contributed by atoms with Crippen molar-refractivity contribution in [2.45, 2.75) is 70.3 Å². The number of fused-ring (bicyclic) bond motifs is 2. The number of alkyl halides is 3. The maximum atomic E-state index is 13.5. The van der Waals surface area contributed by atoms with Crippen LogP contribution in [0.25, 0.3) is 0 Å². The van der Waals surface area contributed by atoms with Crippen LogP contribution in [0.4, 0.5) is 24.5 Å². The van der Waals surface area contributed by atoms with Gasteiger partial charge in [-0.1, -0.05) is 26.0 Å². The van der Waals surface area contributed by atoms with Crippen LogP contribution in [0.5, 0.6) is 0 Å². The summed E-state index contributed by atoms with van der Waals surface area (Å²) in [6.07, 6.45) is -6.87. The van der Waals surface area contributed by atoms with Gasteiger partial charge >= 0.3 is 6.18 Å². The van der Waals surface area contributed by atoms with Crippen LogP contribution in [0.1, 0.15) is 68.9 Å². The van der Waals surface area contributed by atoms with Gasteiger partial charge in [0.25, 0.3) is 0 Å². The van der Waals surface area contributed by atoms with Crippen molar-refractivity contribution in [3.8, 4) is 0 Å². The van der Waals surface area contributed by atoms with Crippen LogP contribution in [0.2, 0.25) is 0 Å². The number of benzene rings is 2. The molecule has 0 fully saturated rings. The highest BCUT2D eigenvalue weighted by Crippen LogP contribution is 2.48. The van der Waals surface area contributed by atoms with Crippen molar-refractivity contribution in [2.24, 2.45) is 9.98 Å². The monoisotopic (exact) mass is 474 g/mol. The molecule has 34 heavy (non-hydrogen) atoms. The molecule has 2 aliphatic rings. The van der Waals surface area contributed by atoms with Gasteiger partial charge < -0.3 is 14.9 Å². The van der Waals surface area contributed by atoms with Crippen molar-refractivity contribution in [1.82, 2.24) is 0 Å². The molecule has 2 atom stereocenters. The molecule has 0 saturated carbocycles. The molecule has 0 spiro atoms. The maximum absolute atomic E-state index is 13.5. The van der Waals surface area contributed by atoms with Gasteiger partial charge in [-0.2, -0.15) is 13.2 Å². The van der Waals surface area contributed by atoms with Crippen LogP contribution >= 0.6 is 0 Å². The van der Waals surface area contributed by atoms with E-state index in [4.69, 9.17) is 9.73 Å². The zero-order chi connectivity index (χ0) is 24.9. The lowest BCUT2D eigenvalue weighted by atomic mass is 9.76. The number of aliphatic hydroxyl groups is 2. The van der Waals surface area contributed by atoms with E-state index in [0.717, 1.165) is 23.4 Å². The topological polar surface area (TPSA) is 74.4 Å². The van der Waals surface area contributed by atoms with Gasteiger partial charge in [-0.3, -0.25) is 4.99 Å². The summed E-state index contributed by atoms with van der Waals surface area (Å²) in [5.74, 6) is 0.231. The summed E-state index contributed by atoms with van der Waals surface area (Å²) in [5, 5.41) is 20.8. The normalized spacial score (nSPS) is 24.2. The Balaban J connectivity index is 1.82. The third-order valence-corrected chi connectivity index (χ3v) is 6.62. The largest absolute Gasteiger partial charge is 0.478 e. The molecule has 8 heteroatoms. The van der Waals surface area contributed by atoms with E-state index >= 15 is 0 Å². The molecule has 5 nitrogen and oxygen atoms in total. The van der Waals surface area contributed by atoms with E-state index < -0.39 is 24.3 Å². The van der Waals surface area contributed by atoms with E-state index in [1.807, 2.05) is 25.1 Å². The van der Waals surface area contributed by atoms with Crippen molar-refractivity contribution >= 4 is 23.0 Å². The maximum Gasteiger partial charge on any atom is 0.420 e. The highest BCUT2D eigenvalue weighted by Gasteiger charge is 2.60. The van der Waals surface area contributed by atoms with Gasteiger partial charge in [0, 0.05) is 16.8 Å². The summed E-state index contributed by atoms with van der Waals surface area (Å²) in [6.45, 7) is 8.32. The number of ether oxygens (including phenoxy) is 1. The number of nitrogens with zero attached hydrogens (tertiary/aromatic N) is 2. The Kier molecular flexibility index (Phi) is 6.10. The van der Waals surface area contributed by atoms with Crippen molar-refractivity contribution in [3.05, 3.63) is 58.7 Å². The zero-order valence-corrected chi connectivity index (χ0v) is 19.7. The summed E-state index contributed by atoms with van der Waals surface area (Å²) in [6, 6.07) is 10.5. The first-order valence-electron chi connectivity index (χ1n) is 11.4. The molecular formula is C26H29F3N2O3. The minimum absolute atomic E-state index is 0.00152. The van der Waals surface area contributed by atoms with E-state index in [1.165, 1.54) is 6.07 Å². The highest BCUT2D eigenvalue weighted by molar-refractivity contribution is 5.97. The van der Waals surface area contributed by atoms with Crippen LogP contribution in [0.15, 0.2) is 46.4 Å². The molecule has 4 rings (SSSR count). The molecule has 0 bridgehead atoms. The van der Waals surface area contributed by atoms with Gasteiger partial charge in [0.05, 0.1) is 18.0 Å². The SMILES string of the molecule is CCOC(=Nc1cccc2c1C(C)(C)CC(C)=N2)c1ccc2c(c1)C(O)C(O)(C(F)(F)F)CC2. The number of rotatable bonds is 3. The second-order valence-corrected chi connectivity index (χ2v) is 9.67. The lowest BCUT2D eigenvalue weighted by molar-refractivity contribution is -0.296. The molecule has 182 valence electrons. The number of hydrogen-bond donors (Lipinski definition) is 2. The fourth-order valence-electron chi connectivity index (χ4n) is 5.03. The Morgan fingerprint density at radius 1 is 1.24 bits per heavy atom. The Morgan fingerprint density at radius 3 is 2.65 bits per heavy atom. The number of hydrogen-bond acceptors (Lipinski definition) is 5. The molecule has 0 aromatic heterocycles. The Hall–Kier alpha value is -2.71. The quantitative estimate of drug-likeness (QED) is 0.433. The summed E-state index contributed by atoms with van der Waals surface area (Å²) in [7, 11) is 0. The minimum Gasteiger partial charge on any atom is -0.478 e. The van der Waals surface area contributed by atoms with E-state index in [9.17, 15) is 23.4 Å². The van der Waals surface area contributed by atoms with Crippen LogP contribution in [0, 0.1) is 0 Å². The Labute approximate surface area is 197 Å². The van der Waals surface area contributed by atoms with E-state index in [-0.39, 0.29) is 23.3 Å². The predicted octanol–water partition coefficient (Wildman–Crippen LogP) is 5.85. The zero-order valence-electron chi connectivity index (χ0n) is 19.7. The van der Waals surface area contributed by atoms with Gasteiger partial charge in [0.1, 0.15) is 6.10 Å². The Bertz CT molecular complexity index is 1170. The molecular weight excluding hydrogens is 445 g/mol. The highest BCUT2D eigenvalue weighted by atomic mass is 19.4. The molecule has 1 aliphatic heterocycles. The van der Waals surface area contributed by atoms with E-state index in [2.05, 4.69) is 18.8 Å². The average molecular weight is 475 g/mol. The standard InChI is InChI=1S/C26H29F3N2O3/c1-5-34-23(31-20-8-6-7-19-21(20)24(3,4)14-15(2)30-19)17-10-9-16-11-12-25(33,26(27,28)29)22(32)18(16)13-17/h6-10,13,22,32-33H,5,11-12,14H2,1-4H3. The molecule has 2 unspecified atom stereocenters. The Morgan fingerprint density at radius 2 is 1.97 bits per heavy atom. The third-order valence-electron chi connectivity index (χ3n) is 6.62. The molecule has 2 aromatic rings. The van der Waals surface area contributed by atoms with Crippen molar-refractivity contribution < 1.29 is 28.1 Å². The van der Waals surface area contributed by atoms with Crippen LogP contribution < -0.4 is 0 Å². The molecule has 0 amide bonds. The van der Waals surface area contributed by atoms with Crippen LogP contribution in [-0.2, 0) is 16.6 Å². The molecule has 2 aromatic carbocycles. The molecule has 0 saturated heterocycles. The van der Waals surface area contributed by atoms with Gasteiger partial charge in [0.15, 0.2) is 5.60 Å². The lowest BCUT2D eigenvalue weighted by Crippen LogP contribution is -2.52. The minimum atomic E-state index is -4.95. The molecule has 1 aliphatic carbocycles. The first-order chi connectivity index (χ1) is 15.9. The number of aliphatic hydroxyl groups excluding tert-OH is 1. The number of aryl methyl sites for hydroxylation is 1. The van der Waals surface area contributed by atoms with Crippen molar-refractivity contribution in [2.75, 3.05) is 6.61 Å². The van der Waals surface area contributed by atoms with Crippen molar-refractivity contribution in [1.29, 1.82) is 0 Å². The first-order valence-corrected chi connectivity index (χ1v) is 11.4. The number of halogens is 3. The molecule has 2 N–H and O–H groups in total. The fourth-order valence-corrected chi connectivity index (χ4v) is 5.03. The summed E-state index contributed by atoms with van der Waals surface area (Å²) in [4.78, 5) is 9.44. The van der Waals surface area contributed by atoms with Gasteiger partial charge in [0.2, 0.25) is 5.90 Å². The van der Waals surface area contributed by atoms with Crippen LogP contribution in [0.3, 0.4) is 0 Å². The van der Waals surface area contributed by atoms with Gasteiger partial charge in [-0.05, 0) is 73.9 Å². The second-order valence-electron chi connectivity index (χ2n) is 9.67. The smallest absolute Gasteiger partial charge is 0.420 e. The summed E-state index contributed by atoms with van der Waals surface area (Å²) >= 11 is 0. The molecule has 1 heterocycles. The van der Waals surface area contributed by atoms with Crippen LogP contribution in [-0.4, -0.2) is 40.2 Å². The lowest BCUT2D eigenvalue weighted by Gasteiger charge is -2.39. The first kappa shape index (κ1) is 24.4. The van der Waals surface area contributed by atoms with E-state index in [0.29, 0.717) is 23.4 Å². The fraction of sp³-hybridized carbons (Fsp3) is 0.462. The summed E-state index contributed by atoms with van der Waals surface area (Å²) < 4.78 is 46.4. The van der Waals surface area contributed by atoms with Gasteiger partial charge in [-0.25, -0.2) is 4.99 Å². The summed E-state index contributed by atoms with van der Waals surface area (Å²) in [5.41, 5.74) is 1.13. The molecule has 0 radical (unpaired) electrons. The number of aliphatic imine (C=N–C) groups is 2. The van der Waals surface area contributed by atoms with Crippen molar-refractivity contribution in [3.63, 3.8) is 0 Å². The third kappa shape index (κ3) is 4.14. The van der Waals surface area contributed by atoms with E-state index in [1.54, 1.807) is 19.1 Å². The predicted molar refractivity (Wildman–Crippen MR) is 125 cm³/mol.